The van der Waals surface area contributed by atoms with Crippen LogP contribution in [0.4, 0.5) is 14.5 Å². The fourth-order valence-corrected chi connectivity index (χ4v) is 3.38. The quantitative estimate of drug-likeness (QED) is 0.668. The van der Waals surface area contributed by atoms with Crippen molar-refractivity contribution in [1.82, 2.24) is 4.98 Å². The van der Waals surface area contributed by atoms with Crippen molar-refractivity contribution < 1.29 is 18.3 Å². The van der Waals surface area contributed by atoms with Gasteiger partial charge in [-0.3, -0.25) is 9.78 Å². The summed E-state index contributed by atoms with van der Waals surface area (Å²) in [5.41, 5.74) is 1.98. The van der Waals surface area contributed by atoms with Gasteiger partial charge in [-0.2, -0.15) is 0 Å². The largest absolute Gasteiger partial charge is 0.489 e. The van der Waals surface area contributed by atoms with Crippen LogP contribution in [-0.2, 0) is 13.0 Å². The number of hydrogen-bond acceptors (Lipinski definition) is 3. The van der Waals surface area contributed by atoms with Crippen molar-refractivity contribution in [2.24, 2.45) is 0 Å². The summed E-state index contributed by atoms with van der Waals surface area (Å²) in [6.45, 7) is 0.709. The zero-order chi connectivity index (χ0) is 19.5. The van der Waals surface area contributed by atoms with Crippen LogP contribution in [0.15, 0.2) is 60.9 Å². The van der Waals surface area contributed by atoms with Gasteiger partial charge in [0.1, 0.15) is 24.0 Å². The summed E-state index contributed by atoms with van der Waals surface area (Å²) in [7, 11) is 0. The highest BCUT2D eigenvalue weighted by atomic mass is 19.1. The fourth-order valence-electron chi connectivity index (χ4n) is 3.38. The Bertz CT molecular complexity index is 1010. The van der Waals surface area contributed by atoms with Crippen LogP contribution in [0.3, 0.4) is 0 Å². The average Bonchev–Trinajstić information content (AvgIpc) is 2.72. The first kappa shape index (κ1) is 18.1. The van der Waals surface area contributed by atoms with Crippen molar-refractivity contribution >= 4 is 11.6 Å². The van der Waals surface area contributed by atoms with Gasteiger partial charge >= 0.3 is 0 Å². The summed E-state index contributed by atoms with van der Waals surface area (Å²) in [5, 5.41) is 0. The Morgan fingerprint density at radius 1 is 1.14 bits per heavy atom. The first-order valence-electron chi connectivity index (χ1n) is 9.03. The smallest absolute Gasteiger partial charge is 0.258 e. The Kier molecular flexibility index (Phi) is 5.02. The topological polar surface area (TPSA) is 42.4 Å². The number of hydrogen-bond donors (Lipinski definition) is 0. The van der Waals surface area contributed by atoms with E-state index in [4.69, 9.17) is 4.74 Å². The van der Waals surface area contributed by atoms with E-state index in [-0.39, 0.29) is 11.6 Å². The average molecular weight is 380 g/mol. The van der Waals surface area contributed by atoms with Crippen LogP contribution in [0, 0.1) is 11.6 Å². The number of benzene rings is 2. The predicted octanol–water partition coefficient (Wildman–Crippen LogP) is 4.53. The first-order valence-corrected chi connectivity index (χ1v) is 9.03. The Hall–Kier alpha value is -3.28. The van der Waals surface area contributed by atoms with Crippen LogP contribution in [0.25, 0.3) is 0 Å². The lowest BCUT2D eigenvalue weighted by atomic mass is 10.00. The van der Waals surface area contributed by atoms with Gasteiger partial charge in [-0.15, -0.1) is 0 Å². The molecule has 6 heteroatoms. The number of halogens is 2. The van der Waals surface area contributed by atoms with Crippen LogP contribution in [0.2, 0.25) is 0 Å². The van der Waals surface area contributed by atoms with E-state index in [9.17, 15) is 13.6 Å². The zero-order valence-electron chi connectivity index (χ0n) is 15.1. The summed E-state index contributed by atoms with van der Waals surface area (Å²) in [6, 6.07) is 12.6. The summed E-state index contributed by atoms with van der Waals surface area (Å²) in [5.74, 6) is -1.15. The molecule has 0 atom stereocenters. The van der Waals surface area contributed by atoms with E-state index in [0.29, 0.717) is 42.9 Å². The highest BCUT2D eigenvalue weighted by molar-refractivity contribution is 6.07. The molecule has 1 aliphatic rings. The van der Waals surface area contributed by atoms with Crippen molar-refractivity contribution in [3.8, 4) is 5.75 Å². The maximum Gasteiger partial charge on any atom is 0.258 e. The lowest BCUT2D eigenvalue weighted by Crippen LogP contribution is -2.36. The molecular weight excluding hydrogens is 362 g/mol. The Morgan fingerprint density at radius 3 is 2.86 bits per heavy atom. The molecule has 0 spiro atoms. The Balaban J connectivity index is 1.56. The third-order valence-electron chi connectivity index (χ3n) is 4.66. The second kappa shape index (κ2) is 7.76. The highest BCUT2D eigenvalue weighted by Gasteiger charge is 2.27. The summed E-state index contributed by atoms with van der Waals surface area (Å²) >= 11 is 0. The van der Waals surface area contributed by atoms with Crippen LogP contribution < -0.4 is 9.64 Å². The third kappa shape index (κ3) is 3.71. The fraction of sp³-hybridized carbons (Fsp3) is 0.182. The van der Waals surface area contributed by atoms with Gasteiger partial charge < -0.3 is 9.64 Å². The van der Waals surface area contributed by atoms with E-state index >= 15 is 0 Å². The first-order chi connectivity index (χ1) is 13.6. The monoisotopic (exact) mass is 380 g/mol. The van der Waals surface area contributed by atoms with Gasteiger partial charge in [0.15, 0.2) is 0 Å². The standard InChI is InChI=1S/C22H18F2N2O2/c23-18-10-16-6-3-9-26(21(16)20(24)12-18)22(27)17-5-1-7-19(11-17)28-14-15-4-2-8-25-13-15/h1-2,4-5,7-8,10-13H,3,6,9,14H2. The van der Waals surface area contributed by atoms with E-state index in [1.54, 1.807) is 36.7 Å². The molecule has 4 nitrogen and oxygen atoms in total. The minimum Gasteiger partial charge on any atom is -0.489 e. The van der Waals surface area contributed by atoms with E-state index in [2.05, 4.69) is 4.98 Å². The van der Waals surface area contributed by atoms with Crippen LogP contribution >= 0.6 is 0 Å². The summed E-state index contributed by atoms with van der Waals surface area (Å²) < 4.78 is 33.6. The number of nitrogens with zero attached hydrogens (tertiary/aromatic N) is 2. The minimum absolute atomic E-state index is 0.166. The van der Waals surface area contributed by atoms with Gasteiger partial charge in [0.25, 0.3) is 5.91 Å². The number of carbonyl (C=O) groups excluding carboxylic acids is 1. The van der Waals surface area contributed by atoms with Gasteiger partial charge in [-0.25, -0.2) is 8.78 Å². The molecule has 0 aliphatic carbocycles. The predicted molar refractivity (Wildman–Crippen MR) is 101 cm³/mol. The maximum absolute atomic E-state index is 14.4. The second-order valence-corrected chi connectivity index (χ2v) is 6.63. The molecule has 0 fully saturated rings. The Labute approximate surface area is 161 Å². The number of anilines is 1. The van der Waals surface area contributed by atoms with Crippen molar-refractivity contribution in [2.75, 3.05) is 11.4 Å². The van der Waals surface area contributed by atoms with Crippen LogP contribution in [0.5, 0.6) is 5.75 Å². The normalized spacial score (nSPS) is 13.1. The number of ether oxygens (including phenoxy) is 1. The number of carbonyl (C=O) groups is 1. The van der Waals surface area contributed by atoms with E-state index in [1.807, 2.05) is 12.1 Å². The third-order valence-corrected chi connectivity index (χ3v) is 4.66. The molecule has 3 aromatic rings. The highest BCUT2D eigenvalue weighted by Crippen LogP contribution is 2.32. The number of fused-ring (bicyclic) bond motifs is 1. The lowest BCUT2D eigenvalue weighted by molar-refractivity contribution is 0.0983. The molecule has 28 heavy (non-hydrogen) atoms. The van der Waals surface area contributed by atoms with E-state index < -0.39 is 11.6 Å². The SMILES string of the molecule is O=C(c1cccc(OCc2cccnc2)c1)N1CCCc2cc(F)cc(F)c21. The molecule has 1 amide bonds. The van der Waals surface area contributed by atoms with Crippen LogP contribution in [0.1, 0.15) is 27.9 Å². The Morgan fingerprint density at radius 2 is 2.04 bits per heavy atom. The zero-order valence-corrected chi connectivity index (χ0v) is 15.1. The molecule has 0 saturated heterocycles. The number of rotatable bonds is 4. The van der Waals surface area contributed by atoms with Crippen molar-refractivity contribution in [1.29, 1.82) is 0 Å². The molecule has 0 unspecified atom stereocenters. The number of aromatic nitrogens is 1. The van der Waals surface area contributed by atoms with Gasteiger partial charge in [-0.1, -0.05) is 12.1 Å². The molecule has 0 saturated carbocycles. The minimum atomic E-state index is -0.716. The summed E-state index contributed by atoms with van der Waals surface area (Å²) in [6.07, 6.45) is 4.59. The molecule has 4 rings (SSSR count). The molecule has 0 bridgehead atoms. The van der Waals surface area contributed by atoms with Crippen molar-refractivity contribution in [3.05, 3.63) is 89.2 Å². The van der Waals surface area contributed by atoms with Gasteiger partial charge in [0.2, 0.25) is 0 Å². The van der Waals surface area contributed by atoms with Crippen molar-refractivity contribution in [2.45, 2.75) is 19.4 Å². The maximum atomic E-state index is 14.4. The molecule has 142 valence electrons. The molecular formula is C22H18F2N2O2. The number of pyridine rings is 1. The molecule has 2 aromatic carbocycles. The molecule has 0 N–H and O–H groups in total. The summed E-state index contributed by atoms with van der Waals surface area (Å²) in [4.78, 5) is 18.4. The van der Waals surface area contributed by atoms with Gasteiger partial charge in [0, 0.05) is 36.1 Å². The second-order valence-electron chi connectivity index (χ2n) is 6.63. The molecule has 1 aromatic heterocycles. The lowest BCUT2D eigenvalue weighted by Gasteiger charge is -2.30. The molecule has 1 aliphatic heterocycles. The molecule has 2 heterocycles. The molecule has 0 radical (unpaired) electrons. The van der Waals surface area contributed by atoms with Gasteiger partial charge in [-0.05, 0) is 48.7 Å². The van der Waals surface area contributed by atoms with E-state index in [1.165, 1.54) is 11.0 Å². The number of amides is 1. The van der Waals surface area contributed by atoms with Crippen molar-refractivity contribution in [3.63, 3.8) is 0 Å². The van der Waals surface area contributed by atoms with Gasteiger partial charge in [0.05, 0.1) is 5.69 Å². The number of aryl methyl sites for hydroxylation is 1. The van der Waals surface area contributed by atoms with Crippen LogP contribution in [-0.4, -0.2) is 17.4 Å². The van der Waals surface area contributed by atoms with E-state index in [0.717, 1.165) is 11.6 Å².